The van der Waals surface area contributed by atoms with Gasteiger partial charge in [0, 0.05) is 31.3 Å². The molecule has 0 saturated carbocycles. The minimum absolute atomic E-state index is 0.148. The number of benzene rings is 3. The number of nitrogens with zero attached hydrogens (tertiary/aromatic N) is 3. The van der Waals surface area contributed by atoms with E-state index in [1.807, 2.05) is 30.3 Å². The highest BCUT2D eigenvalue weighted by Crippen LogP contribution is 2.39. The first-order valence-corrected chi connectivity index (χ1v) is 11.0. The Morgan fingerprint density at radius 1 is 1.03 bits per heavy atom. The summed E-state index contributed by atoms with van der Waals surface area (Å²) in [6, 6.07) is 20.3. The first-order chi connectivity index (χ1) is 16.9. The molecule has 0 saturated heterocycles. The summed E-state index contributed by atoms with van der Waals surface area (Å²) in [7, 11) is 1.72. The zero-order chi connectivity index (χ0) is 24.5. The predicted octanol–water partition coefficient (Wildman–Crippen LogP) is 4.66. The van der Waals surface area contributed by atoms with E-state index in [2.05, 4.69) is 5.10 Å². The third-order valence-electron chi connectivity index (χ3n) is 5.99. The normalized spacial score (nSPS) is 11.8. The van der Waals surface area contributed by atoms with E-state index in [0.717, 1.165) is 11.1 Å². The molecule has 1 aliphatic heterocycles. The average molecular weight is 471 g/mol. The predicted molar refractivity (Wildman–Crippen MR) is 126 cm³/mol. The molecule has 0 unspecified atom stereocenters. The molecule has 0 atom stereocenters. The van der Waals surface area contributed by atoms with E-state index in [0.29, 0.717) is 29.1 Å². The summed E-state index contributed by atoms with van der Waals surface area (Å²) in [5, 5.41) is 13.7. The van der Waals surface area contributed by atoms with Gasteiger partial charge in [0.1, 0.15) is 18.2 Å². The van der Waals surface area contributed by atoms with E-state index >= 15 is 0 Å². The van der Waals surface area contributed by atoms with Crippen molar-refractivity contribution in [3.8, 4) is 17.0 Å². The Bertz CT molecular complexity index is 1410. The Morgan fingerprint density at radius 3 is 2.40 bits per heavy atom. The molecule has 4 aromatic rings. The molecule has 0 aliphatic carbocycles. The van der Waals surface area contributed by atoms with E-state index in [9.17, 15) is 19.1 Å². The molecule has 5 rings (SSSR count). The lowest BCUT2D eigenvalue weighted by Gasteiger charge is -2.24. The molecule has 1 amide bonds. The van der Waals surface area contributed by atoms with Crippen LogP contribution in [-0.4, -0.2) is 31.7 Å². The van der Waals surface area contributed by atoms with Crippen molar-refractivity contribution in [1.29, 1.82) is 0 Å². The van der Waals surface area contributed by atoms with Gasteiger partial charge in [0.05, 0.1) is 11.3 Å². The van der Waals surface area contributed by atoms with Crippen molar-refractivity contribution < 1.29 is 23.8 Å². The molecule has 7 nitrogen and oxygen atoms in total. The summed E-state index contributed by atoms with van der Waals surface area (Å²) in [6.07, 6.45) is 0. The molecular formula is C27H22FN3O4. The van der Waals surface area contributed by atoms with E-state index in [-0.39, 0.29) is 30.3 Å². The van der Waals surface area contributed by atoms with Gasteiger partial charge in [-0.25, -0.2) is 9.18 Å². The van der Waals surface area contributed by atoms with Crippen LogP contribution in [0.4, 0.5) is 4.39 Å². The number of rotatable bonds is 6. The quantitative estimate of drug-likeness (QED) is 0.442. The van der Waals surface area contributed by atoms with Crippen molar-refractivity contribution in [2.45, 2.75) is 19.7 Å². The second-order valence-corrected chi connectivity index (χ2v) is 8.38. The minimum atomic E-state index is -1.01. The lowest BCUT2D eigenvalue weighted by molar-refractivity contribution is 0.0692. The van der Waals surface area contributed by atoms with Crippen LogP contribution in [0.1, 0.15) is 37.5 Å². The number of amides is 1. The lowest BCUT2D eigenvalue weighted by atomic mass is 10.0. The Kier molecular flexibility index (Phi) is 5.78. The van der Waals surface area contributed by atoms with Crippen LogP contribution >= 0.6 is 0 Å². The summed E-state index contributed by atoms with van der Waals surface area (Å²) in [5.41, 5.74) is 3.96. The molecule has 176 valence electrons. The van der Waals surface area contributed by atoms with Gasteiger partial charge in [-0.2, -0.15) is 5.10 Å². The number of carbonyl (C=O) groups is 2. The van der Waals surface area contributed by atoms with Crippen molar-refractivity contribution in [2.75, 3.05) is 0 Å². The van der Waals surface area contributed by atoms with Crippen molar-refractivity contribution in [3.63, 3.8) is 0 Å². The van der Waals surface area contributed by atoms with Crippen LogP contribution in [0.5, 0.6) is 5.75 Å². The molecule has 1 aliphatic rings. The molecule has 0 spiro atoms. The average Bonchev–Trinajstić information content (AvgIpc) is 3.21. The number of aryl methyl sites for hydroxylation is 1. The molecule has 0 bridgehead atoms. The topological polar surface area (TPSA) is 84.7 Å². The van der Waals surface area contributed by atoms with Gasteiger partial charge in [-0.15, -0.1) is 0 Å². The van der Waals surface area contributed by atoms with Crippen LogP contribution in [0.3, 0.4) is 0 Å². The van der Waals surface area contributed by atoms with Gasteiger partial charge < -0.3 is 14.7 Å². The van der Waals surface area contributed by atoms with Crippen LogP contribution in [0, 0.1) is 5.82 Å². The number of halogens is 1. The van der Waals surface area contributed by atoms with Gasteiger partial charge in [-0.05, 0) is 41.5 Å². The Morgan fingerprint density at radius 2 is 1.71 bits per heavy atom. The number of aromatic nitrogens is 2. The lowest BCUT2D eigenvalue weighted by Crippen LogP contribution is -2.31. The molecule has 1 N–H and O–H groups in total. The van der Waals surface area contributed by atoms with E-state index in [1.54, 1.807) is 34.8 Å². The molecular weight excluding hydrogens is 449 g/mol. The van der Waals surface area contributed by atoms with Crippen molar-refractivity contribution in [1.82, 2.24) is 14.7 Å². The Balaban J connectivity index is 1.51. The van der Waals surface area contributed by atoms with Crippen LogP contribution < -0.4 is 4.74 Å². The summed E-state index contributed by atoms with van der Waals surface area (Å²) >= 11 is 0. The second kappa shape index (κ2) is 9.06. The van der Waals surface area contributed by atoms with Gasteiger partial charge in [0.15, 0.2) is 5.69 Å². The number of hydrogen-bond donors (Lipinski definition) is 1. The fourth-order valence-corrected chi connectivity index (χ4v) is 4.30. The number of hydrogen-bond acceptors (Lipinski definition) is 4. The number of carboxylic acid groups (broad SMARTS) is 1. The highest BCUT2D eigenvalue weighted by Gasteiger charge is 2.31. The van der Waals surface area contributed by atoms with Gasteiger partial charge in [0.25, 0.3) is 5.91 Å². The van der Waals surface area contributed by atoms with Crippen molar-refractivity contribution in [2.24, 2.45) is 7.05 Å². The highest BCUT2D eigenvalue weighted by molar-refractivity contribution is 5.96. The van der Waals surface area contributed by atoms with Gasteiger partial charge in [-0.3, -0.25) is 9.48 Å². The van der Waals surface area contributed by atoms with Gasteiger partial charge in [0.2, 0.25) is 0 Å². The van der Waals surface area contributed by atoms with Crippen LogP contribution in [0.15, 0.2) is 72.8 Å². The van der Waals surface area contributed by atoms with Crippen LogP contribution in [0.2, 0.25) is 0 Å². The zero-order valence-corrected chi connectivity index (χ0v) is 18.9. The zero-order valence-electron chi connectivity index (χ0n) is 18.9. The standard InChI is InChI=1S/C27H22FN3O4/c1-30-25-21-13-20(28)11-12-23(21)35-16-22(25)24(29-30)26(32)31(14-17-5-3-2-4-6-17)15-18-7-9-19(10-8-18)27(33)34/h2-13H,14-16H2,1H3,(H,33,34). The molecule has 3 aromatic carbocycles. The molecule has 1 aromatic heterocycles. The van der Waals surface area contributed by atoms with Crippen LogP contribution in [-0.2, 0) is 26.7 Å². The second-order valence-electron chi connectivity index (χ2n) is 8.38. The number of fused-ring (bicyclic) bond motifs is 3. The maximum Gasteiger partial charge on any atom is 0.335 e. The molecule has 0 fully saturated rings. The first kappa shape index (κ1) is 22.3. The number of carbonyl (C=O) groups excluding carboxylic acids is 1. The molecule has 35 heavy (non-hydrogen) atoms. The SMILES string of the molecule is Cn1nc(C(=O)N(Cc2ccccc2)Cc2ccc(C(=O)O)cc2)c2c1-c1cc(F)ccc1OC2. The molecule has 8 heteroatoms. The number of aromatic carboxylic acids is 1. The Hall–Kier alpha value is -4.46. The summed E-state index contributed by atoms with van der Waals surface area (Å²) in [4.78, 5) is 26.7. The van der Waals surface area contributed by atoms with Crippen molar-refractivity contribution in [3.05, 3.63) is 107 Å². The van der Waals surface area contributed by atoms with E-state index in [1.165, 1.54) is 24.3 Å². The molecule has 0 radical (unpaired) electrons. The third-order valence-corrected chi connectivity index (χ3v) is 5.99. The van der Waals surface area contributed by atoms with Gasteiger partial charge >= 0.3 is 5.97 Å². The third kappa shape index (κ3) is 4.38. The fraction of sp³-hybridized carbons (Fsp3) is 0.148. The van der Waals surface area contributed by atoms with E-state index in [4.69, 9.17) is 4.74 Å². The largest absolute Gasteiger partial charge is 0.488 e. The number of ether oxygens (including phenoxy) is 1. The Labute approximate surface area is 201 Å². The first-order valence-electron chi connectivity index (χ1n) is 11.0. The smallest absolute Gasteiger partial charge is 0.335 e. The maximum absolute atomic E-state index is 14.0. The van der Waals surface area contributed by atoms with Crippen molar-refractivity contribution >= 4 is 11.9 Å². The summed E-state index contributed by atoms with van der Waals surface area (Å²) in [5.74, 6) is -1.16. The van der Waals surface area contributed by atoms with Crippen LogP contribution in [0.25, 0.3) is 11.3 Å². The monoisotopic (exact) mass is 471 g/mol. The fourth-order valence-electron chi connectivity index (χ4n) is 4.30. The minimum Gasteiger partial charge on any atom is -0.488 e. The summed E-state index contributed by atoms with van der Waals surface area (Å²) < 4.78 is 21.4. The maximum atomic E-state index is 14.0. The van der Waals surface area contributed by atoms with E-state index < -0.39 is 11.8 Å². The summed E-state index contributed by atoms with van der Waals surface area (Å²) in [6.45, 7) is 0.734. The molecule has 2 heterocycles. The van der Waals surface area contributed by atoms with Gasteiger partial charge in [-0.1, -0.05) is 42.5 Å². The number of carboxylic acids is 1. The highest BCUT2D eigenvalue weighted by atomic mass is 19.1.